The van der Waals surface area contributed by atoms with E-state index in [1.807, 2.05) is 11.0 Å². The van der Waals surface area contributed by atoms with Gasteiger partial charge in [0.05, 0.1) is 28.0 Å². The number of hydrogen-bond acceptors (Lipinski definition) is 3. The molecule has 372 valence electrons. The molecule has 0 saturated carbocycles. The summed E-state index contributed by atoms with van der Waals surface area (Å²) in [6.07, 6.45) is -4.66. The zero-order valence-electron chi connectivity index (χ0n) is 44.3. The fourth-order valence-electron chi connectivity index (χ4n) is 13.1. The highest BCUT2D eigenvalue weighted by atomic mass is 32.2. The minimum atomic E-state index is -4.66. The maximum atomic E-state index is 16.1. The van der Waals surface area contributed by atoms with E-state index in [1.165, 1.54) is 39.6 Å². The molecule has 0 spiro atoms. The number of halogens is 3. The number of fused-ring (bicyclic) bond motifs is 13. The first-order valence-electron chi connectivity index (χ1n) is 26.6. The minimum Gasteiger partial charge on any atom is -0.312 e. The van der Waals surface area contributed by atoms with Gasteiger partial charge in [-0.05, 0) is 126 Å². The van der Waals surface area contributed by atoms with Crippen LogP contribution in [0.15, 0.2) is 186 Å². The summed E-state index contributed by atoms with van der Waals surface area (Å²) < 4.78 is 50.7. The standard InChI is InChI=1S/C67H56B2F3N3S/c1-64(2,3)39-31-34-53-47(36-39)68-46-25-15-18-29-56(46)76-63-58(44-23-19-28-55-57(44)43-22-13-16-26-50(43)73(55)42-20-11-10-12-21-42)61-59-62(60(63)68)75(53)54-35-32-41(66(7,8)9)38-49(54)69(59)48-37-40(65(4,5)6)30-33-52(48)74(61)51-27-17-14-24-45(51)67(70,71)72/h10-38H,1-9H3. The van der Waals surface area contributed by atoms with Crippen molar-refractivity contribution in [2.45, 2.75) is 94.5 Å². The van der Waals surface area contributed by atoms with Crippen LogP contribution in [0.4, 0.5) is 47.3 Å². The molecule has 9 heteroatoms. The maximum absolute atomic E-state index is 16.1. The Morgan fingerprint density at radius 3 is 1.55 bits per heavy atom. The minimum absolute atomic E-state index is 0.103. The Morgan fingerprint density at radius 2 is 0.947 bits per heavy atom. The van der Waals surface area contributed by atoms with Gasteiger partial charge in [0.15, 0.2) is 0 Å². The zero-order chi connectivity index (χ0) is 52.5. The van der Waals surface area contributed by atoms with Crippen molar-refractivity contribution in [1.82, 2.24) is 4.57 Å². The first kappa shape index (κ1) is 47.1. The van der Waals surface area contributed by atoms with Gasteiger partial charge in [-0.2, -0.15) is 13.2 Å². The quantitative estimate of drug-likeness (QED) is 0.164. The van der Waals surface area contributed by atoms with Gasteiger partial charge < -0.3 is 14.4 Å². The van der Waals surface area contributed by atoms with E-state index < -0.39 is 11.7 Å². The van der Waals surface area contributed by atoms with E-state index in [0.717, 1.165) is 98.8 Å². The van der Waals surface area contributed by atoms with Crippen LogP contribution >= 0.6 is 11.8 Å². The van der Waals surface area contributed by atoms with Crippen molar-refractivity contribution in [1.29, 1.82) is 0 Å². The summed E-state index contributed by atoms with van der Waals surface area (Å²) >= 11 is 1.77. The number of aromatic nitrogens is 1. The topological polar surface area (TPSA) is 11.4 Å². The summed E-state index contributed by atoms with van der Waals surface area (Å²) in [5, 5.41) is 2.13. The number of nitrogens with zero attached hydrogens (tertiary/aromatic N) is 3. The predicted octanol–water partition coefficient (Wildman–Crippen LogP) is 14.7. The molecule has 5 heterocycles. The highest BCUT2D eigenvalue weighted by Gasteiger charge is 2.53. The summed E-state index contributed by atoms with van der Waals surface area (Å²) in [4.78, 5) is 6.75. The van der Waals surface area contributed by atoms with Gasteiger partial charge in [0.1, 0.15) is 0 Å². The van der Waals surface area contributed by atoms with Crippen LogP contribution in [0.25, 0.3) is 38.6 Å². The fourth-order valence-corrected chi connectivity index (χ4v) is 14.4. The molecule has 0 atom stereocenters. The molecule has 76 heavy (non-hydrogen) atoms. The lowest BCUT2D eigenvalue weighted by Gasteiger charge is -2.51. The third kappa shape index (κ3) is 6.73. The van der Waals surface area contributed by atoms with Crippen LogP contribution in [0, 0.1) is 0 Å². The van der Waals surface area contributed by atoms with E-state index in [4.69, 9.17) is 0 Å². The van der Waals surface area contributed by atoms with Gasteiger partial charge in [-0.25, -0.2) is 0 Å². The summed E-state index contributed by atoms with van der Waals surface area (Å²) in [5.41, 5.74) is 19.1. The largest absolute Gasteiger partial charge is 0.418 e. The van der Waals surface area contributed by atoms with Gasteiger partial charge in [0.25, 0.3) is 6.71 Å². The molecule has 0 N–H and O–H groups in total. The fraction of sp³-hybridized carbons (Fsp3) is 0.194. The molecule has 4 aliphatic rings. The third-order valence-corrected chi connectivity index (χ3v) is 17.9. The molecule has 0 fully saturated rings. The van der Waals surface area contributed by atoms with Crippen LogP contribution in [0.1, 0.15) is 84.6 Å². The SMILES string of the molecule is CC(C)(C)c1ccc2c(c1)B1c3ccccc3Sc3c1c1c4c(c3-c3cccc5c3c3ccccc3n5-c3ccccc3)N(c3ccccc3C(F)(F)F)c3ccc(C(C)(C)C)cc3B4c3cc(C(C)(C)C)ccc3N21. The van der Waals surface area contributed by atoms with E-state index >= 15 is 13.2 Å². The number of hydrogen-bond donors (Lipinski definition) is 0. The highest BCUT2D eigenvalue weighted by Crippen LogP contribution is 2.56. The Morgan fingerprint density at radius 1 is 0.434 bits per heavy atom. The summed E-state index contributed by atoms with van der Waals surface area (Å²) in [5.74, 6) is 0. The number of anilines is 6. The second-order valence-corrected chi connectivity index (χ2v) is 25.4. The molecule has 3 nitrogen and oxygen atoms in total. The van der Waals surface area contributed by atoms with Crippen LogP contribution in [0.2, 0.25) is 0 Å². The number of benzene rings is 9. The van der Waals surface area contributed by atoms with Crippen molar-refractivity contribution in [3.05, 3.63) is 198 Å². The van der Waals surface area contributed by atoms with Gasteiger partial charge in [-0.3, -0.25) is 0 Å². The number of alkyl halides is 3. The second-order valence-electron chi connectivity index (χ2n) is 24.4. The number of rotatable bonds is 3. The lowest BCUT2D eigenvalue weighted by Crippen LogP contribution is -2.68. The van der Waals surface area contributed by atoms with Crippen LogP contribution in [-0.2, 0) is 22.4 Å². The molecule has 0 unspecified atom stereocenters. The van der Waals surface area contributed by atoms with E-state index in [2.05, 4.69) is 217 Å². The van der Waals surface area contributed by atoms with Gasteiger partial charge in [-0.15, -0.1) is 0 Å². The van der Waals surface area contributed by atoms with Crippen LogP contribution in [0.5, 0.6) is 0 Å². The molecule has 10 aromatic rings. The van der Waals surface area contributed by atoms with E-state index in [1.54, 1.807) is 23.9 Å². The van der Waals surface area contributed by atoms with E-state index in [9.17, 15) is 0 Å². The lowest BCUT2D eigenvalue weighted by atomic mass is 9.29. The molecule has 9 aromatic carbocycles. The molecule has 0 saturated heterocycles. The first-order valence-corrected chi connectivity index (χ1v) is 27.4. The predicted molar refractivity (Wildman–Crippen MR) is 317 cm³/mol. The van der Waals surface area contributed by atoms with Crippen LogP contribution < -0.4 is 42.6 Å². The highest BCUT2D eigenvalue weighted by molar-refractivity contribution is 8.00. The normalized spacial score (nSPS) is 14.4. The molecular weight excluding hydrogens is 957 g/mol. The Bertz CT molecular complexity index is 4120. The average molecular weight is 1010 g/mol. The monoisotopic (exact) mass is 1010 g/mol. The molecule has 0 amide bonds. The van der Waals surface area contributed by atoms with Crippen molar-refractivity contribution in [3.8, 4) is 16.8 Å². The van der Waals surface area contributed by atoms with Gasteiger partial charge in [0.2, 0.25) is 6.71 Å². The van der Waals surface area contributed by atoms with Gasteiger partial charge in [0, 0.05) is 54.6 Å². The molecule has 1 aromatic heterocycles. The molecule has 14 rings (SSSR count). The van der Waals surface area contributed by atoms with Crippen LogP contribution in [-0.4, -0.2) is 18.0 Å². The third-order valence-electron chi connectivity index (χ3n) is 16.7. The first-order chi connectivity index (χ1) is 36.3. The molecule has 0 aliphatic carbocycles. The van der Waals surface area contributed by atoms with Crippen molar-refractivity contribution >= 4 is 114 Å². The van der Waals surface area contributed by atoms with E-state index in [-0.39, 0.29) is 35.4 Å². The Labute approximate surface area is 448 Å². The Hall–Kier alpha value is -7.35. The molecular formula is C67H56B2F3N3S. The summed E-state index contributed by atoms with van der Waals surface area (Å²) in [6, 6.07) is 61.5. The summed E-state index contributed by atoms with van der Waals surface area (Å²) in [7, 11) is 0. The molecule has 0 radical (unpaired) electrons. The smallest absolute Gasteiger partial charge is 0.312 e. The van der Waals surface area contributed by atoms with Crippen molar-refractivity contribution < 1.29 is 13.2 Å². The number of para-hydroxylation sites is 3. The van der Waals surface area contributed by atoms with Gasteiger partial charge >= 0.3 is 6.18 Å². The molecule has 0 bridgehead atoms. The average Bonchev–Trinajstić information content (AvgIpc) is 3.56. The van der Waals surface area contributed by atoms with Crippen molar-refractivity contribution in [3.63, 3.8) is 0 Å². The lowest BCUT2D eigenvalue weighted by molar-refractivity contribution is -0.137. The van der Waals surface area contributed by atoms with E-state index in [0.29, 0.717) is 0 Å². The molecule has 4 aliphatic heterocycles. The van der Waals surface area contributed by atoms with Crippen molar-refractivity contribution in [2.24, 2.45) is 0 Å². The maximum Gasteiger partial charge on any atom is 0.418 e. The van der Waals surface area contributed by atoms with Crippen LogP contribution in [0.3, 0.4) is 0 Å². The Kier molecular flexibility index (Phi) is 9.98. The Balaban J connectivity index is 1.25. The zero-order valence-corrected chi connectivity index (χ0v) is 45.1. The van der Waals surface area contributed by atoms with Gasteiger partial charge in [-0.1, -0.05) is 195 Å². The second kappa shape index (κ2) is 16.1. The van der Waals surface area contributed by atoms with Crippen molar-refractivity contribution in [2.75, 3.05) is 9.80 Å². The summed E-state index contributed by atoms with van der Waals surface area (Å²) in [6.45, 7) is 19.8.